The van der Waals surface area contributed by atoms with Gasteiger partial charge in [0.2, 0.25) is 0 Å². The average molecular weight is 893 g/mol. The Morgan fingerprint density at radius 3 is 0.900 bits per heavy atom. The monoisotopic (exact) mass is 892 g/mol. The van der Waals surface area contributed by atoms with Crippen LogP contribution in [-0.2, 0) is 0 Å². The van der Waals surface area contributed by atoms with Crippen LogP contribution in [0, 0.1) is 45.3 Å². The third-order valence-corrected chi connectivity index (χ3v) is 12.7. The lowest BCUT2D eigenvalue weighted by Crippen LogP contribution is -2.00. The molecule has 10 heteroatoms. The molecule has 12 rings (SSSR count). The van der Waals surface area contributed by atoms with E-state index in [4.69, 9.17) is 19.9 Å². The lowest BCUT2D eigenvalue weighted by Gasteiger charge is -2.14. The van der Waals surface area contributed by atoms with Crippen LogP contribution in [-0.4, -0.2) is 28.7 Å². The molecule has 0 spiro atoms. The predicted octanol–water partition coefficient (Wildman–Crippen LogP) is 13.2. The number of aromatic nitrogens is 6. The number of nitriles is 4. The third kappa shape index (κ3) is 6.86. The van der Waals surface area contributed by atoms with Gasteiger partial charge in [0.1, 0.15) is 22.9 Å². The molecule has 70 heavy (non-hydrogen) atoms. The zero-order valence-electron chi connectivity index (χ0n) is 36.9. The van der Waals surface area contributed by atoms with Gasteiger partial charge in [0, 0.05) is 44.2 Å². The molecule has 4 heterocycles. The van der Waals surface area contributed by atoms with E-state index < -0.39 is 0 Å². The maximum absolute atomic E-state index is 9.66. The van der Waals surface area contributed by atoms with E-state index in [1.165, 1.54) is 0 Å². The summed E-state index contributed by atoms with van der Waals surface area (Å²) in [5, 5.41) is 40.2. The SMILES string of the molecule is N#Cc1ccc(-c2nc3c4ccccc4nc(-c4ccc(-c5ccc(-c6nc7ccccc7c7nc(-c8ccc(C#N)cc8)c(-c8ccc(C#N)cc8)n67)cc5)cc4)n3c2-c2ccc(C#N)cc2)cc1. The molecule has 322 valence electrons. The number of nitrogens with zero attached hydrogens (tertiary/aromatic N) is 10. The number of hydrogen-bond acceptors (Lipinski definition) is 8. The molecule has 0 aliphatic heterocycles. The minimum absolute atomic E-state index is 0.551. The molecule has 0 N–H and O–H groups in total. The van der Waals surface area contributed by atoms with Gasteiger partial charge in [-0.2, -0.15) is 21.0 Å². The van der Waals surface area contributed by atoms with Gasteiger partial charge in [0.15, 0.2) is 0 Å². The molecule has 0 unspecified atom stereocenters. The minimum Gasteiger partial charge on any atom is -0.275 e. The van der Waals surface area contributed by atoms with Crippen molar-refractivity contribution in [2.45, 2.75) is 0 Å². The second-order valence-corrected chi connectivity index (χ2v) is 16.8. The van der Waals surface area contributed by atoms with E-state index in [0.717, 1.165) is 100 Å². The van der Waals surface area contributed by atoms with Crippen molar-refractivity contribution in [3.8, 4) is 103 Å². The van der Waals surface area contributed by atoms with Crippen molar-refractivity contribution in [3.63, 3.8) is 0 Å². The standard InChI is InChI=1S/C60H32N10/c61-33-37-9-17-43(18-10-37)53-55(45-21-13-39(35-63)14-22-45)69-57(65-51-7-3-1-5-49(51)59(69)67-53)47-29-25-41(26-30-47)42-27-31-48(32-28-42)58-66-52-8-4-2-6-50(52)60-68-54(44-19-11-38(34-62)12-20-44)56(70(58)60)46-23-15-40(36-64)16-24-46/h1-32H. The maximum atomic E-state index is 9.66. The molecule has 0 saturated carbocycles. The molecule has 0 aliphatic rings. The molecule has 0 aliphatic carbocycles. The van der Waals surface area contributed by atoms with Gasteiger partial charge < -0.3 is 0 Å². The van der Waals surface area contributed by atoms with Crippen molar-refractivity contribution < 1.29 is 0 Å². The third-order valence-electron chi connectivity index (χ3n) is 12.7. The maximum Gasteiger partial charge on any atom is 0.149 e. The van der Waals surface area contributed by atoms with Gasteiger partial charge in [-0.05, 0) is 83.9 Å². The molecule has 12 aromatic rings. The molecule has 0 amide bonds. The Hall–Kier alpha value is -10.5. The summed E-state index contributed by atoms with van der Waals surface area (Å²) in [5.41, 5.74) is 15.6. The van der Waals surface area contributed by atoms with Crippen LogP contribution in [0.5, 0.6) is 0 Å². The lowest BCUT2D eigenvalue weighted by molar-refractivity contribution is 1.13. The summed E-state index contributed by atoms with van der Waals surface area (Å²) >= 11 is 0. The second-order valence-electron chi connectivity index (χ2n) is 16.8. The van der Waals surface area contributed by atoms with E-state index in [-0.39, 0.29) is 0 Å². The van der Waals surface area contributed by atoms with E-state index in [1.807, 2.05) is 121 Å². The summed E-state index contributed by atoms with van der Waals surface area (Å²) in [6, 6.07) is 71.4. The Kier molecular flexibility index (Phi) is 9.78. The first-order valence-electron chi connectivity index (χ1n) is 22.4. The number of hydrogen-bond donors (Lipinski definition) is 0. The van der Waals surface area contributed by atoms with Crippen LogP contribution in [0.1, 0.15) is 22.3 Å². The topological polar surface area (TPSA) is 156 Å². The normalized spacial score (nSPS) is 11.1. The molecule has 0 atom stereocenters. The van der Waals surface area contributed by atoms with Gasteiger partial charge in [0.05, 0.1) is 80.3 Å². The van der Waals surface area contributed by atoms with Gasteiger partial charge in [-0.3, -0.25) is 8.80 Å². The largest absolute Gasteiger partial charge is 0.275 e. The highest BCUT2D eigenvalue weighted by Gasteiger charge is 2.24. The first-order chi connectivity index (χ1) is 34.5. The zero-order valence-corrected chi connectivity index (χ0v) is 36.9. The Balaban J connectivity index is 0.986. The molecule has 0 bridgehead atoms. The molecular formula is C60H32N10. The first kappa shape index (κ1) is 40.9. The summed E-state index contributed by atoms with van der Waals surface area (Å²) in [5.74, 6) is 1.40. The predicted molar refractivity (Wildman–Crippen MR) is 271 cm³/mol. The van der Waals surface area contributed by atoms with E-state index in [9.17, 15) is 21.0 Å². The second kappa shape index (κ2) is 16.7. The first-order valence-corrected chi connectivity index (χ1v) is 22.4. The Bertz CT molecular complexity index is 3940. The molecule has 4 aromatic heterocycles. The highest BCUT2D eigenvalue weighted by atomic mass is 15.1. The molecular weight excluding hydrogens is 861 g/mol. The summed E-state index contributed by atoms with van der Waals surface area (Å²) in [6.45, 7) is 0. The number of imidazole rings is 2. The summed E-state index contributed by atoms with van der Waals surface area (Å²) in [4.78, 5) is 21.1. The fraction of sp³-hybridized carbons (Fsp3) is 0. The van der Waals surface area contributed by atoms with Crippen molar-refractivity contribution in [1.82, 2.24) is 28.7 Å². The summed E-state index contributed by atoms with van der Waals surface area (Å²) in [7, 11) is 0. The van der Waals surface area contributed by atoms with Crippen molar-refractivity contribution in [3.05, 3.63) is 216 Å². The number of para-hydroxylation sites is 2. The van der Waals surface area contributed by atoms with E-state index >= 15 is 0 Å². The van der Waals surface area contributed by atoms with Crippen molar-refractivity contribution >= 4 is 33.1 Å². The van der Waals surface area contributed by atoms with Crippen LogP contribution >= 0.6 is 0 Å². The van der Waals surface area contributed by atoms with Crippen LogP contribution < -0.4 is 0 Å². The van der Waals surface area contributed by atoms with Crippen LogP contribution in [0.3, 0.4) is 0 Å². The summed E-state index contributed by atoms with van der Waals surface area (Å²) in [6.07, 6.45) is 0. The Morgan fingerprint density at radius 1 is 0.286 bits per heavy atom. The zero-order chi connectivity index (χ0) is 47.3. The van der Waals surface area contributed by atoms with E-state index in [0.29, 0.717) is 33.9 Å². The molecule has 10 nitrogen and oxygen atoms in total. The minimum atomic E-state index is 0.551. The molecule has 0 saturated heterocycles. The summed E-state index contributed by atoms with van der Waals surface area (Å²) < 4.78 is 4.21. The van der Waals surface area contributed by atoms with E-state index in [2.05, 4.69) is 81.6 Å². The van der Waals surface area contributed by atoms with Crippen LogP contribution in [0.15, 0.2) is 194 Å². The van der Waals surface area contributed by atoms with Gasteiger partial charge in [-0.1, -0.05) is 121 Å². The Morgan fingerprint density at radius 2 is 0.571 bits per heavy atom. The number of fused-ring (bicyclic) bond motifs is 6. The fourth-order valence-corrected chi connectivity index (χ4v) is 9.22. The van der Waals surface area contributed by atoms with Crippen LogP contribution in [0.4, 0.5) is 0 Å². The van der Waals surface area contributed by atoms with Crippen molar-refractivity contribution in [2.24, 2.45) is 0 Å². The van der Waals surface area contributed by atoms with Gasteiger partial charge >= 0.3 is 0 Å². The molecule has 0 radical (unpaired) electrons. The Labute approximate surface area is 400 Å². The van der Waals surface area contributed by atoms with Gasteiger partial charge in [0.25, 0.3) is 0 Å². The average Bonchev–Trinajstić information content (AvgIpc) is 4.04. The van der Waals surface area contributed by atoms with Crippen molar-refractivity contribution in [2.75, 3.05) is 0 Å². The van der Waals surface area contributed by atoms with Crippen molar-refractivity contribution in [1.29, 1.82) is 21.0 Å². The highest BCUT2D eigenvalue weighted by molar-refractivity contribution is 5.99. The molecule has 8 aromatic carbocycles. The number of benzene rings is 8. The molecule has 0 fully saturated rings. The van der Waals surface area contributed by atoms with Gasteiger partial charge in [-0.25, -0.2) is 19.9 Å². The fourth-order valence-electron chi connectivity index (χ4n) is 9.22. The number of rotatable bonds is 7. The van der Waals surface area contributed by atoms with Crippen LogP contribution in [0.2, 0.25) is 0 Å². The lowest BCUT2D eigenvalue weighted by atomic mass is 10.0. The quantitative estimate of drug-likeness (QED) is 0.153. The van der Waals surface area contributed by atoms with E-state index in [1.54, 1.807) is 24.3 Å². The van der Waals surface area contributed by atoms with Crippen LogP contribution in [0.25, 0.3) is 112 Å². The smallest absolute Gasteiger partial charge is 0.149 e. The highest BCUT2D eigenvalue weighted by Crippen LogP contribution is 2.41. The van der Waals surface area contributed by atoms with Gasteiger partial charge in [-0.15, -0.1) is 0 Å².